The number of hydrogen-bond donors (Lipinski definition) is 0. The molecule has 5 nitrogen and oxygen atoms in total. The summed E-state index contributed by atoms with van der Waals surface area (Å²) < 4.78 is 9.85. The molecule has 29 heavy (non-hydrogen) atoms. The molecular weight excluding hydrogens is 360 g/mol. The van der Waals surface area contributed by atoms with Gasteiger partial charge in [-0.2, -0.15) is 10.2 Å². The van der Waals surface area contributed by atoms with Crippen LogP contribution in [0.3, 0.4) is 0 Å². The van der Waals surface area contributed by atoms with E-state index in [0.717, 1.165) is 44.0 Å². The van der Waals surface area contributed by atoms with Gasteiger partial charge in [0.1, 0.15) is 11.2 Å². The van der Waals surface area contributed by atoms with Gasteiger partial charge >= 0.3 is 0 Å². The topological polar surface area (TPSA) is 47.7 Å². The Labute approximate surface area is 165 Å². The van der Waals surface area contributed by atoms with Crippen molar-refractivity contribution in [3.8, 4) is 0 Å². The molecule has 0 spiro atoms. The van der Waals surface area contributed by atoms with Crippen LogP contribution in [0.15, 0.2) is 102 Å². The van der Waals surface area contributed by atoms with Crippen molar-refractivity contribution in [3.63, 3.8) is 0 Å². The van der Waals surface area contributed by atoms with E-state index in [2.05, 4.69) is 12.1 Å². The Balaban J connectivity index is 1.89. The van der Waals surface area contributed by atoms with E-state index in [4.69, 9.17) is 14.6 Å². The molecule has 0 aliphatic rings. The second-order valence-electron chi connectivity index (χ2n) is 6.93. The maximum absolute atomic E-state index is 6.11. The Kier molecular flexibility index (Phi) is 3.40. The molecule has 8 bridgehead atoms. The van der Waals surface area contributed by atoms with Gasteiger partial charge in [-0.15, -0.1) is 0 Å². The lowest BCUT2D eigenvalue weighted by molar-refractivity contribution is 0.655. The van der Waals surface area contributed by atoms with Crippen molar-refractivity contribution in [2.24, 2.45) is 0 Å². The maximum atomic E-state index is 6.11. The Bertz CT molecular complexity index is 1500. The largest absolute Gasteiger partial charge is 0.457 e. The van der Waals surface area contributed by atoms with Crippen LogP contribution in [0.1, 0.15) is 0 Å². The average Bonchev–Trinajstić information content (AvgIpc) is 3.44. The first-order valence-corrected chi connectivity index (χ1v) is 9.43. The lowest BCUT2D eigenvalue weighted by atomic mass is 10.1. The molecule has 0 unspecified atom stereocenters. The number of hydrogen-bond acceptors (Lipinski definition) is 3. The van der Waals surface area contributed by atoms with E-state index in [1.54, 1.807) is 0 Å². The second kappa shape index (κ2) is 6.21. The van der Waals surface area contributed by atoms with Crippen LogP contribution in [-0.2, 0) is 0 Å². The fraction of sp³-hybridized carbons (Fsp3) is 0. The van der Waals surface area contributed by atoms with Crippen LogP contribution < -0.4 is 0 Å². The molecule has 3 aromatic carbocycles. The number of nitrogens with zero attached hydrogens (tertiary/aromatic N) is 4. The summed E-state index contributed by atoms with van der Waals surface area (Å²) in [7, 11) is 0. The number of benzene rings is 3. The summed E-state index contributed by atoms with van der Waals surface area (Å²) in [5.41, 5.74) is 5.20. The first-order valence-electron chi connectivity index (χ1n) is 9.43. The van der Waals surface area contributed by atoms with Gasteiger partial charge in [-0.3, -0.25) is 0 Å². The lowest BCUT2D eigenvalue weighted by Gasteiger charge is -1.95. The van der Waals surface area contributed by atoms with Gasteiger partial charge in [0.25, 0.3) is 0 Å². The summed E-state index contributed by atoms with van der Waals surface area (Å²) in [5.74, 6) is 0. The van der Waals surface area contributed by atoms with Gasteiger partial charge in [0, 0.05) is 35.3 Å². The van der Waals surface area contributed by atoms with Crippen LogP contribution >= 0.6 is 0 Å². The van der Waals surface area contributed by atoms with Crippen LogP contribution in [0.4, 0.5) is 0 Å². The minimum absolute atomic E-state index is 0.758. The molecule has 3 heterocycles. The van der Waals surface area contributed by atoms with Gasteiger partial charge in [0.2, 0.25) is 0 Å². The predicted octanol–water partition coefficient (Wildman–Crippen LogP) is 5.72. The fourth-order valence-electron chi connectivity index (χ4n) is 3.67. The van der Waals surface area contributed by atoms with Gasteiger partial charge in [-0.05, 0) is 36.4 Å². The third-order valence-corrected chi connectivity index (χ3v) is 5.06. The third-order valence-electron chi connectivity index (χ3n) is 5.06. The summed E-state index contributed by atoms with van der Waals surface area (Å²) in [4.78, 5) is 0. The first-order chi connectivity index (χ1) is 14.3. The number of rotatable bonds is 0. The average molecular weight is 376 g/mol. The number of fused-ring (bicyclic) bond motifs is 13. The monoisotopic (exact) mass is 376 g/mol. The van der Waals surface area contributed by atoms with Gasteiger partial charge in [0.05, 0.1) is 22.1 Å². The Morgan fingerprint density at radius 2 is 1.07 bits per heavy atom. The van der Waals surface area contributed by atoms with Crippen molar-refractivity contribution < 1.29 is 4.42 Å². The molecule has 0 atom stereocenters. The standard InChI is InChI=1S/C24H16N4O/c1-2-10-22-21(9-1)23-11-13-27(25-23)17-5-3-7-19(15-17)29-20-8-4-6-18(16-20)28-14-12-24(22)26-28/h1-16H. The van der Waals surface area contributed by atoms with Gasteiger partial charge in [-0.1, -0.05) is 36.4 Å². The molecule has 6 aromatic rings. The summed E-state index contributed by atoms with van der Waals surface area (Å²) in [5, 5.41) is 11.7. The van der Waals surface area contributed by atoms with E-state index in [9.17, 15) is 0 Å². The minimum Gasteiger partial charge on any atom is -0.457 e. The molecule has 0 saturated carbocycles. The summed E-state index contributed by atoms with van der Waals surface area (Å²) in [6, 6.07) is 28.1. The van der Waals surface area contributed by atoms with Crippen molar-refractivity contribution in [2.75, 3.05) is 0 Å². The fourth-order valence-corrected chi connectivity index (χ4v) is 3.67. The van der Waals surface area contributed by atoms with E-state index < -0.39 is 0 Å². The van der Waals surface area contributed by atoms with E-state index in [0.29, 0.717) is 0 Å². The van der Waals surface area contributed by atoms with E-state index in [-0.39, 0.29) is 0 Å². The van der Waals surface area contributed by atoms with Gasteiger partial charge < -0.3 is 4.42 Å². The van der Waals surface area contributed by atoms with Crippen molar-refractivity contribution in [1.82, 2.24) is 19.2 Å². The quantitative estimate of drug-likeness (QED) is 0.341. The molecule has 138 valence electrons. The molecular formula is C24H16N4O. The molecule has 0 amide bonds. The molecule has 0 aliphatic carbocycles. The van der Waals surface area contributed by atoms with E-state index in [1.807, 2.05) is 94.2 Å². The molecule has 0 fully saturated rings. The van der Waals surface area contributed by atoms with Crippen molar-refractivity contribution >= 4 is 44.0 Å². The second-order valence-corrected chi connectivity index (χ2v) is 6.93. The SMILES string of the molecule is c1ccc2c3ccn(n3)c3cccc(c3)oc3cccc(c3)n3ccc(n3)c2c1. The highest BCUT2D eigenvalue weighted by Gasteiger charge is 2.02. The zero-order chi connectivity index (χ0) is 19.2. The van der Waals surface area contributed by atoms with Crippen molar-refractivity contribution in [1.29, 1.82) is 0 Å². The summed E-state index contributed by atoms with van der Waals surface area (Å²) >= 11 is 0. The maximum Gasteiger partial charge on any atom is 0.129 e. The summed E-state index contributed by atoms with van der Waals surface area (Å²) in [6.07, 6.45) is 3.94. The van der Waals surface area contributed by atoms with Crippen LogP contribution in [-0.4, -0.2) is 19.2 Å². The van der Waals surface area contributed by atoms with Crippen LogP contribution in [0.25, 0.3) is 44.0 Å². The Morgan fingerprint density at radius 1 is 0.552 bits per heavy atom. The van der Waals surface area contributed by atoms with Crippen LogP contribution in [0.5, 0.6) is 0 Å². The van der Waals surface area contributed by atoms with Crippen LogP contribution in [0, 0.1) is 0 Å². The van der Waals surface area contributed by atoms with Crippen molar-refractivity contribution in [3.05, 3.63) is 97.3 Å². The Morgan fingerprint density at radius 3 is 1.59 bits per heavy atom. The minimum atomic E-state index is 0.758. The zero-order valence-corrected chi connectivity index (χ0v) is 15.4. The highest BCUT2D eigenvalue weighted by molar-refractivity contribution is 6.02. The van der Waals surface area contributed by atoms with E-state index >= 15 is 0 Å². The highest BCUT2D eigenvalue weighted by atomic mass is 16.3. The molecule has 0 radical (unpaired) electrons. The molecule has 5 heteroatoms. The molecule has 6 rings (SSSR count). The van der Waals surface area contributed by atoms with Crippen LogP contribution in [0.2, 0.25) is 0 Å². The molecule has 0 saturated heterocycles. The smallest absolute Gasteiger partial charge is 0.129 e. The summed E-state index contributed by atoms with van der Waals surface area (Å²) in [6.45, 7) is 0. The van der Waals surface area contributed by atoms with E-state index in [1.165, 1.54) is 0 Å². The highest BCUT2D eigenvalue weighted by Crippen LogP contribution is 2.21. The molecule has 0 N–H and O–H groups in total. The Hall–Kier alpha value is -4.12. The number of aromatic nitrogens is 4. The first kappa shape index (κ1) is 15.9. The molecule has 3 aromatic heterocycles. The lowest BCUT2D eigenvalue weighted by Crippen LogP contribution is -1.84. The van der Waals surface area contributed by atoms with Gasteiger partial charge in [-0.25, -0.2) is 9.03 Å². The zero-order valence-electron chi connectivity index (χ0n) is 15.4. The predicted molar refractivity (Wildman–Crippen MR) is 115 cm³/mol. The van der Waals surface area contributed by atoms with Crippen molar-refractivity contribution in [2.45, 2.75) is 0 Å². The third kappa shape index (κ3) is 2.72. The van der Waals surface area contributed by atoms with Gasteiger partial charge in [0.15, 0.2) is 0 Å². The normalized spacial score (nSPS) is 11.4. The molecule has 0 aliphatic heterocycles.